The smallest absolute Gasteiger partial charge is 0.242 e. The van der Waals surface area contributed by atoms with Gasteiger partial charge in [0.05, 0.1) is 12.2 Å². The molecule has 80 valence electrons. The van der Waals surface area contributed by atoms with Crippen LogP contribution in [0.25, 0.3) is 0 Å². The van der Waals surface area contributed by atoms with Gasteiger partial charge in [-0.2, -0.15) is 5.26 Å². The maximum Gasteiger partial charge on any atom is 0.242 e. The summed E-state index contributed by atoms with van der Waals surface area (Å²) in [6.45, 7) is 5.29. The Labute approximate surface area is 85.1 Å². The van der Waals surface area contributed by atoms with E-state index in [1.165, 1.54) is 4.90 Å². The first-order valence-corrected chi connectivity index (χ1v) is 4.72. The molecule has 0 spiro atoms. The van der Waals surface area contributed by atoms with Crippen LogP contribution in [-0.4, -0.2) is 35.6 Å². The zero-order valence-electron chi connectivity index (χ0n) is 9.24. The molecule has 0 aromatic heterocycles. The second-order valence-corrected chi connectivity index (χ2v) is 3.83. The van der Waals surface area contributed by atoms with Gasteiger partial charge in [-0.05, 0) is 20.3 Å². The lowest BCUT2D eigenvalue weighted by Crippen LogP contribution is -2.42. The number of hydrogen-bond acceptors (Lipinski definition) is 3. The van der Waals surface area contributed by atoms with Crippen molar-refractivity contribution in [1.29, 1.82) is 5.26 Å². The van der Waals surface area contributed by atoms with Crippen LogP contribution in [0.4, 0.5) is 0 Å². The predicted molar refractivity (Wildman–Crippen MR) is 53.3 cm³/mol. The lowest BCUT2D eigenvalue weighted by atomic mass is 9.88. The van der Waals surface area contributed by atoms with E-state index in [9.17, 15) is 4.79 Å². The molecule has 0 aromatic carbocycles. The molecule has 0 rings (SSSR count). The number of nitrogens with zero attached hydrogens (tertiary/aromatic N) is 2. The molecule has 0 fully saturated rings. The van der Waals surface area contributed by atoms with E-state index in [1.807, 2.05) is 6.07 Å². The van der Waals surface area contributed by atoms with Gasteiger partial charge in [-0.3, -0.25) is 4.79 Å². The SMILES string of the molecule is CCC(C)(C#N)C(=O)N(C)CC(C)O. The van der Waals surface area contributed by atoms with Crippen molar-refractivity contribution in [1.82, 2.24) is 4.90 Å². The molecule has 0 bridgehead atoms. The lowest BCUT2D eigenvalue weighted by Gasteiger charge is -2.26. The van der Waals surface area contributed by atoms with Crippen LogP contribution in [0.3, 0.4) is 0 Å². The van der Waals surface area contributed by atoms with E-state index in [1.54, 1.807) is 27.8 Å². The number of aliphatic hydroxyl groups excluding tert-OH is 1. The Balaban J connectivity index is 4.53. The van der Waals surface area contributed by atoms with Crippen LogP contribution in [0.1, 0.15) is 27.2 Å². The molecule has 1 amide bonds. The second kappa shape index (κ2) is 4.97. The van der Waals surface area contributed by atoms with Crippen LogP contribution in [0, 0.1) is 16.7 Å². The Kier molecular flexibility index (Phi) is 4.58. The van der Waals surface area contributed by atoms with Crippen molar-refractivity contribution in [2.45, 2.75) is 33.3 Å². The number of hydrogen-bond donors (Lipinski definition) is 1. The molecular formula is C10H18N2O2. The maximum atomic E-state index is 11.8. The van der Waals surface area contributed by atoms with E-state index in [0.29, 0.717) is 6.42 Å². The maximum absolute atomic E-state index is 11.8. The highest BCUT2D eigenvalue weighted by molar-refractivity contribution is 5.84. The Bertz CT molecular complexity index is 245. The molecule has 4 heteroatoms. The zero-order valence-corrected chi connectivity index (χ0v) is 9.24. The zero-order chi connectivity index (χ0) is 11.4. The molecular weight excluding hydrogens is 180 g/mol. The van der Waals surface area contributed by atoms with Crippen LogP contribution in [0.2, 0.25) is 0 Å². The van der Waals surface area contributed by atoms with Gasteiger partial charge in [0.15, 0.2) is 0 Å². The second-order valence-electron chi connectivity index (χ2n) is 3.83. The first-order valence-electron chi connectivity index (χ1n) is 4.72. The van der Waals surface area contributed by atoms with E-state index < -0.39 is 11.5 Å². The number of rotatable bonds is 4. The molecule has 14 heavy (non-hydrogen) atoms. The van der Waals surface area contributed by atoms with E-state index in [2.05, 4.69) is 0 Å². The lowest BCUT2D eigenvalue weighted by molar-refractivity contribution is -0.138. The molecule has 0 heterocycles. The summed E-state index contributed by atoms with van der Waals surface area (Å²) >= 11 is 0. The minimum Gasteiger partial charge on any atom is -0.392 e. The van der Waals surface area contributed by atoms with Gasteiger partial charge in [-0.25, -0.2) is 0 Å². The highest BCUT2D eigenvalue weighted by atomic mass is 16.3. The van der Waals surface area contributed by atoms with Gasteiger partial charge in [0.25, 0.3) is 0 Å². The van der Waals surface area contributed by atoms with Gasteiger partial charge < -0.3 is 10.0 Å². The quantitative estimate of drug-likeness (QED) is 0.725. The van der Waals surface area contributed by atoms with Gasteiger partial charge in [0.1, 0.15) is 5.41 Å². The largest absolute Gasteiger partial charge is 0.392 e. The summed E-state index contributed by atoms with van der Waals surface area (Å²) in [6.07, 6.45) is -0.0873. The molecule has 2 unspecified atom stereocenters. The fourth-order valence-corrected chi connectivity index (χ4v) is 1.18. The summed E-state index contributed by atoms with van der Waals surface area (Å²) < 4.78 is 0. The Morgan fingerprint density at radius 2 is 2.21 bits per heavy atom. The van der Waals surface area contributed by atoms with Crippen LogP contribution in [-0.2, 0) is 4.79 Å². The molecule has 4 nitrogen and oxygen atoms in total. The minimum absolute atomic E-state index is 0.233. The average Bonchev–Trinajstić information content (AvgIpc) is 2.14. The molecule has 1 N–H and O–H groups in total. The van der Waals surface area contributed by atoms with E-state index in [-0.39, 0.29) is 12.5 Å². The molecule has 0 radical (unpaired) electrons. The molecule has 0 saturated carbocycles. The molecule has 0 aliphatic carbocycles. The summed E-state index contributed by atoms with van der Waals surface area (Å²) in [5, 5.41) is 18.0. The number of likely N-dealkylation sites (N-methyl/N-ethyl adjacent to an activating group) is 1. The number of amides is 1. The molecule has 0 saturated heterocycles. The number of aliphatic hydroxyl groups is 1. The molecule has 2 atom stereocenters. The van der Waals surface area contributed by atoms with Crippen molar-refractivity contribution in [2.24, 2.45) is 5.41 Å². The highest BCUT2D eigenvalue weighted by Crippen LogP contribution is 2.22. The first-order chi connectivity index (χ1) is 6.37. The fraction of sp³-hybridized carbons (Fsp3) is 0.800. The van der Waals surface area contributed by atoms with Gasteiger partial charge in [-0.15, -0.1) is 0 Å². The van der Waals surface area contributed by atoms with E-state index >= 15 is 0 Å². The topological polar surface area (TPSA) is 64.3 Å². The fourth-order valence-electron chi connectivity index (χ4n) is 1.18. The third-order valence-electron chi connectivity index (χ3n) is 2.31. The highest BCUT2D eigenvalue weighted by Gasteiger charge is 2.33. The van der Waals surface area contributed by atoms with Crippen LogP contribution < -0.4 is 0 Å². The summed E-state index contributed by atoms with van der Waals surface area (Å²) in [5.74, 6) is -0.233. The predicted octanol–water partition coefficient (Wildman–Crippen LogP) is 0.765. The third-order valence-corrected chi connectivity index (χ3v) is 2.31. The molecule has 0 aromatic rings. The minimum atomic E-state index is -0.969. The summed E-state index contributed by atoms with van der Waals surface area (Å²) in [7, 11) is 1.60. The van der Waals surface area contributed by atoms with Gasteiger partial charge in [0.2, 0.25) is 5.91 Å². The van der Waals surface area contributed by atoms with E-state index in [4.69, 9.17) is 10.4 Å². The van der Waals surface area contributed by atoms with Crippen molar-refractivity contribution in [3.05, 3.63) is 0 Å². The monoisotopic (exact) mass is 198 g/mol. The summed E-state index contributed by atoms with van der Waals surface area (Å²) in [5.41, 5.74) is -0.969. The average molecular weight is 198 g/mol. The van der Waals surface area contributed by atoms with Gasteiger partial charge >= 0.3 is 0 Å². The van der Waals surface area contributed by atoms with E-state index in [0.717, 1.165) is 0 Å². The van der Waals surface area contributed by atoms with Crippen molar-refractivity contribution in [2.75, 3.05) is 13.6 Å². The summed E-state index contributed by atoms with van der Waals surface area (Å²) in [4.78, 5) is 13.2. The van der Waals surface area contributed by atoms with Crippen molar-refractivity contribution in [3.63, 3.8) is 0 Å². The first kappa shape index (κ1) is 12.9. The third kappa shape index (κ3) is 3.00. The summed E-state index contributed by atoms with van der Waals surface area (Å²) in [6, 6.07) is 2.01. The normalized spacial score (nSPS) is 16.6. The van der Waals surface area contributed by atoms with Crippen molar-refractivity contribution < 1.29 is 9.90 Å². The number of nitriles is 1. The Hall–Kier alpha value is -1.08. The van der Waals surface area contributed by atoms with Crippen LogP contribution in [0.15, 0.2) is 0 Å². The van der Waals surface area contributed by atoms with Gasteiger partial charge in [-0.1, -0.05) is 6.92 Å². The van der Waals surface area contributed by atoms with Crippen molar-refractivity contribution in [3.8, 4) is 6.07 Å². The van der Waals surface area contributed by atoms with Crippen LogP contribution >= 0.6 is 0 Å². The van der Waals surface area contributed by atoms with Crippen LogP contribution in [0.5, 0.6) is 0 Å². The number of carbonyl (C=O) groups excluding carboxylic acids is 1. The Morgan fingerprint density at radius 1 is 1.71 bits per heavy atom. The Morgan fingerprint density at radius 3 is 2.50 bits per heavy atom. The molecule has 0 aliphatic heterocycles. The molecule has 0 aliphatic rings. The number of carbonyl (C=O) groups is 1. The van der Waals surface area contributed by atoms with Gasteiger partial charge in [0, 0.05) is 13.6 Å². The van der Waals surface area contributed by atoms with Crippen molar-refractivity contribution >= 4 is 5.91 Å². The standard InChI is InChI=1S/C10H18N2O2/c1-5-10(3,7-11)9(14)12(4)6-8(2)13/h8,13H,5-6H2,1-4H3.